The SMILES string of the molecule is Cc1ccccc1NC1=C(c2ccc(OC(C)C)cc2)C(=O)N(c2ccccc2F)C1=O. The normalized spacial score (nSPS) is 13.8. The Morgan fingerprint density at radius 1 is 0.875 bits per heavy atom. The maximum Gasteiger partial charge on any atom is 0.282 e. The molecule has 32 heavy (non-hydrogen) atoms. The number of anilines is 2. The first-order valence-corrected chi connectivity index (χ1v) is 10.3. The number of para-hydroxylation sites is 2. The minimum absolute atomic E-state index is 0.00425. The van der Waals surface area contributed by atoms with Crippen LogP contribution in [0.2, 0.25) is 0 Å². The number of carbonyl (C=O) groups excluding carboxylic acids is 2. The first-order chi connectivity index (χ1) is 15.4. The minimum atomic E-state index is -0.647. The summed E-state index contributed by atoms with van der Waals surface area (Å²) in [6.45, 7) is 5.74. The van der Waals surface area contributed by atoms with Crippen molar-refractivity contribution in [3.05, 3.63) is 95.4 Å². The lowest BCUT2D eigenvalue weighted by molar-refractivity contribution is -0.120. The van der Waals surface area contributed by atoms with Gasteiger partial charge in [-0.15, -0.1) is 0 Å². The van der Waals surface area contributed by atoms with Gasteiger partial charge in [0.05, 0.1) is 17.4 Å². The first-order valence-electron chi connectivity index (χ1n) is 10.3. The summed E-state index contributed by atoms with van der Waals surface area (Å²) in [4.78, 5) is 27.7. The van der Waals surface area contributed by atoms with E-state index in [2.05, 4.69) is 5.32 Å². The molecular weight excluding hydrogens is 407 g/mol. The lowest BCUT2D eigenvalue weighted by Crippen LogP contribution is -2.33. The lowest BCUT2D eigenvalue weighted by Gasteiger charge is -2.16. The van der Waals surface area contributed by atoms with Gasteiger partial charge in [-0.25, -0.2) is 9.29 Å². The van der Waals surface area contributed by atoms with Gasteiger partial charge in [0.2, 0.25) is 0 Å². The van der Waals surface area contributed by atoms with Crippen molar-refractivity contribution in [2.45, 2.75) is 26.9 Å². The standard InChI is InChI=1S/C26H23FN2O3/c1-16(2)32-19-14-12-18(13-15-19)23-24(28-21-10-6-4-8-17(21)3)26(31)29(25(23)30)22-11-7-5-9-20(22)27/h4-16,28H,1-3H3. The molecule has 1 N–H and O–H groups in total. The van der Waals surface area contributed by atoms with E-state index in [1.54, 1.807) is 30.3 Å². The third-order valence-electron chi connectivity index (χ3n) is 5.10. The summed E-state index contributed by atoms with van der Waals surface area (Å²) in [6.07, 6.45) is 0.00425. The number of rotatable bonds is 6. The molecule has 0 aromatic heterocycles. The highest BCUT2D eigenvalue weighted by Crippen LogP contribution is 2.35. The lowest BCUT2D eigenvalue weighted by atomic mass is 10.0. The Hall–Kier alpha value is -3.93. The van der Waals surface area contributed by atoms with Crippen LogP contribution in [0.3, 0.4) is 0 Å². The van der Waals surface area contributed by atoms with Gasteiger partial charge in [0, 0.05) is 5.69 Å². The van der Waals surface area contributed by atoms with Crippen LogP contribution >= 0.6 is 0 Å². The number of nitrogens with one attached hydrogen (secondary N) is 1. The fraction of sp³-hybridized carbons (Fsp3) is 0.154. The number of amides is 2. The fourth-order valence-electron chi connectivity index (χ4n) is 3.59. The molecule has 1 heterocycles. The number of hydrogen-bond donors (Lipinski definition) is 1. The van der Waals surface area contributed by atoms with E-state index >= 15 is 0 Å². The number of carbonyl (C=O) groups is 2. The summed E-state index contributed by atoms with van der Waals surface area (Å²) in [5.41, 5.74) is 2.33. The fourth-order valence-corrected chi connectivity index (χ4v) is 3.59. The molecule has 0 unspecified atom stereocenters. The number of ether oxygens (including phenoxy) is 1. The quantitative estimate of drug-likeness (QED) is 0.538. The van der Waals surface area contributed by atoms with Gasteiger partial charge in [0.15, 0.2) is 0 Å². The number of halogens is 1. The van der Waals surface area contributed by atoms with Gasteiger partial charge in [-0.1, -0.05) is 42.5 Å². The predicted octanol–water partition coefficient (Wildman–Crippen LogP) is 5.32. The van der Waals surface area contributed by atoms with Crippen LogP contribution in [0.25, 0.3) is 5.57 Å². The zero-order valence-corrected chi connectivity index (χ0v) is 18.1. The van der Waals surface area contributed by atoms with Gasteiger partial charge in [0.1, 0.15) is 17.3 Å². The Labute approximate surface area is 186 Å². The second kappa shape index (κ2) is 8.67. The van der Waals surface area contributed by atoms with Gasteiger partial charge in [-0.05, 0) is 62.2 Å². The molecule has 0 fully saturated rings. The maximum absolute atomic E-state index is 14.5. The van der Waals surface area contributed by atoms with E-state index in [1.807, 2.05) is 45.0 Å². The van der Waals surface area contributed by atoms with Gasteiger partial charge in [-0.3, -0.25) is 9.59 Å². The van der Waals surface area contributed by atoms with Crippen LogP contribution in [-0.4, -0.2) is 17.9 Å². The Balaban J connectivity index is 1.81. The smallest absolute Gasteiger partial charge is 0.282 e. The molecular formula is C26H23FN2O3. The van der Waals surface area contributed by atoms with Crippen molar-refractivity contribution >= 4 is 28.8 Å². The Kier molecular flexibility index (Phi) is 5.77. The van der Waals surface area contributed by atoms with Gasteiger partial charge >= 0.3 is 0 Å². The topological polar surface area (TPSA) is 58.6 Å². The van der Waals surface area contributed by atoms with Crippen LogP contribution < -0.4 is 15.0 Å². The molecule has 0 aliphatic carbocycles. The van der Waals surface area contributed by atoms with Crippen molar-refractivity contribution in [3.8, 4) is 5.75 Å². The van der Waals surface area contributed by atoms with Crippen molar-refractivity contribution in [1.29, 1.82) is 0 Å². The van der Waals surface area contributed by atoms with E-state index in [9.17, 15) is 14.0 Å². The molecule has 0 saturated carbocycles. The van der Waals surface area contributed by atoms with Gasteiger partial charge < -0.3 is 10.1 Å². The number of aryl methyl sites for hydroxylation is 1. The molecule has 0 bridgehead atoms. The largest absolute Gasteiger partial charge is 0.491 e. The highest BCUT2D eigenvalue weighted by Gasteiger charge is 2.41. The van der Waals surface area contributed by atoms with Gasteiger partial charge in [-0.2, -0.15) is 0 Å². The average molecular weight is 430 g/mol. The van der Waals surface area contributed by atoms with Crippen molar-refractivity contribution < 1.29 is 18.7 Å². The van der Waals surface area contributed by atoms with Gasteiger partial charge in [0.25, 0.3) is 11.8 Å². The number of hydrogen-bond acceptors (Lipinski definition) is 4. The summed E-state index contributed by atoms with van der Waals surface area (Å²) in [5, 5.41) is 3.12. The number of benzene rings is 3. The molecule has 0 atom stereocenters. The van der Waals surface area contributed by atoms with Crippen LogP contribution in [0.4, 0.5) is 15.8 Å². The van der Waals surface area contributed by atoms with Crippen molar-refractivity contribution in [3.63, 3.8) is 0 Å². The van der Waals surface area contributed by atoms with Crippen LogP contribution in [0.5, 0.6) is 5.75 Å². The molecule has 0 saturated heterocycles. The Morgan fingerprint density at radius 2 is 1.53 bits per heavy atom. The first kappa shape index (κ1) is 21.3. The molecule has 2 amide bonds. The second-order valence-corrected chi connectivity index (χ2v) is 7.78. The highest BCUT2D eigenvalue weighted by atomic mass is 19.1. The molecule has 0 spiro atoms. The summed E-state index contributed by atoms with van der Waals surface area (Å²) in [6, 6.07) is 20.1. The summed E-state index contributed by atoms with van der Waals surface area (Å²) >= 11 is 0. The Bertz CT molecular complexity index is 1220. The predicted molar refractivity (Wildman–Crippen MR) is 123 cm³/mol. The van der Waals surface area contributed by atoms with E-state index in [4.69, 9.17) is 4.74 Å². The monoisotopic (exact) mass is 430 g/mol. The van der Waals surface area contributed by atoms with E-state index in [0.29, 0.717) is 17.0 Å². The highest BCUT2D eigenvalue weighted by molar-refractivity contribution is 6.46. The van der Waals surface area contributed by atoms with E-state index < -0.39 is 17.6 Å². The van der Waals surface area contributed by atoms with E-state index in [0.717, 1.165) is 10.5 Å². The average Bonchev–Trinajstić information content (AvgIpc) is 3.00. The summed E-state index contributed by atoms with van der Waals surface area (Å²) < 4.78 is 20.2. The van der Waals surface area contributed by atoms with Crippen molar-refractivity contribution in [1.82, 2.24) is 0 Å². The van der Waals surface area contributed by atoms with Crippen LogP contribution in [0.1, 0.15) is 25.0 Å². The van der Waals surface area contributed by atoms with Crippen molar-refractivity contribution in [2.24, 2.45) is 0 Å². The molecule has 0 radical (unpaired) electrons. The maximum atomic E-state index is 14.5. The van der Waals surface area contributed by atoms with E-state index in [1.165, 1.54) is 18.2 Å². The molecule has 1 aliphatic rings. The van der Waals surface area contributed by atoms with Crippen LogP contribution in [0.15, 0.2) is 78.5 Å². The number of imide groups is 1. The molecule has 3 aromatic rings. The van der Waals surface area contributed by atoms with Crippen LogP contribution in [-0.2, 0) is 9.59 Å². The third-order valence-corrected chi connectivity index (χ3v) is 5.10. The number of nitrogens with zero attached hydrogens (tertiary/aromatic N) is 1. The van der Waals surface area contributed by atoms with E-state index in [-0.39, 0.29) is 23.1 Å². The summed E-state index contributed by atoms with van der Waals surface area (Å²) in [7, 11) is 0. The summed E-state index contributed by atoms with van der Waals surface area (Å²) in [5.74, 6) is -1.19. The molecule has 5 nitrogen and oxygen atoms in total. The third kappa shape index (κ3) is 3.99. The zero-order valence-electron chi connectivity index (χ0n) is 18.1. The molecule has 3 aromatic carbocycles. The molecule has 4 rings (SSSR count). The second-order valence-electron chi connectivity index (χ2n) is 7.78. The molecule has 6 heteroatoms. The van der Waals surface area contributed by atoms with Crippen molar-refractivity contribution in [2.75, 3.05) is 10.2 Å². The van der Waals surface area contributed by atoms with Crippen LogP contribution in [0, 0.1) is 12.7 Å². The Morgan fingerprint density at radius 3 is 2.19 bits per heavy atom. The molecule has 162 valence electrons. The molecule has 1 aliphatic heterocycles. The minimum Gasteiger partial charge on any atom is -0.491 e. The zero-order chi connectivity index (χ0) is 22.8.